The van der Waals surface area contributed by atoms with Crippen LogP contribution in [0.25, 0.3) is 0 Å². The third kappa shape index (κ3) is 5.17. The minimum atomic E-state index is -0.486. The molecular weight excluding hydrogens is 474 g/mol. The third-order valence-corrected chi connectivity index (χ3v) is 8.84. The third-order valence-electron chi connectivity index (χ3n) is 8.84. The van der Waals surface area contributed by atoms with Crippen LogP contribution in [0.2, 0.25) is 0 Å². The zero-order chi connectivity index (χ0) is 26.5. The van der Waals surface area contributed by atoms with Gasteiger partial charge in [-0.1, -0.05) is 120 Å². The van der Waals surface area contributed by atoms with E-state index in [1.807, 2.05) is 24.3 Å². The van der Waals surface area contributed by atoms with Gasteiger partial charge in [0.1, 0.15) is 6.54 Å². The van der Waals surface area contributed by atoms with Crippen molar-refractivity contribution in [1.29, 1.82) is 0 Å². The molecule has 5 nitrogen and oxygen atoms in total. The summed E-state index contributed by atoms with van der Waals surface area (Å²) in [6, 6.07) is 16.3. The zero-order valence-electron chi connectivity index (χ0n) is 22.7. The Balaban J connectivity index is 1.10. The summed E-state index contributed by atoms with van der Waals surface area (Å²) in [7, 11) is 0. The molecule has 0 N–H and O–H groups in total. The predicted octanol–water partition coefficient (Wildman–Crippen LogP) is 6.73. The Kier molecular flexibility index (Phi) is 8.61. The molecule has 2 aromatic carbocycles. The molecule has 1 fully saturated rings. The second-order valence-electron chi connectivity index (χ2n) is 11.3. The van der Waals surface area contributed by atoms with Crippen molar-refractivity contribution in [3.63, 3.8) is 0 Å². The normalized spacial score (nSPS) is 22.8. The average Bonchev–Trinajstić information content (AvgIpc) is 3.19. The van der Waals surface area contributed by atoms with E-state index >= 15 is 0 Å². The fourth-order valence-corrected chi connectivity index (χ4v) is 7.02. The Bertz CT molecular complexity index is 1040. The molecule has 0 saturated carbocycles. The number of likely N-dealkylation sites (tertiary alicyclic amines) is 1. The van der Waals surface area contributed by atoms with Gasteiger partial charge in [0, 0.05) is 11.8 Å². The van der Waals surface area contributed by atoms with Crippen molar-refractivity contribution in [3.05, 3.63) is 70.8 Å². The van der Waals surface area contributed by atoms with Crippen molar-refractivity contribution in [1.82, 2.24) is 4.90 Å². The van der Waals surface area contributed by atoms with Crippen molar-refractivity contribution in [2.75, 3.05) is 13.2 Å². The number of ether oxygens (including phenoxy) is 1. The summed E-state index contributed by atoms with van der Waals surface area (Å²) in [5.74, 6) is -2.14. The number of amides is 2. The number of nitrogens with zero attached hydrogens (tertiary/aromatic N) is 1. The second kappa shape index (κ2) is 12.3. The average molecular weight is 516 g/mol. The van der Waals surface area contributed by atoms with Crippen LogP contribution in [0.15, 0.2) is 48.5 Å². The fraction of sp³-hybridized carbons (Fsp3) is 0.545. The van der Waals surface area contributed by atoms with Gasteiger partial charge in [-0.3, -0.25) is 19.3 Å². The molecule has 5 heteroatoms. The molecule has 2 amide bonds. The standard InChI is InChI=1S/C33H41NO4/c1-2-3-4-5-6-7-8-9-10-11-16-21-38-27(35)22-34-32(36)30-28-23-17-12-13-18-24(23)29(31(30)33(34)37)26-20-15-14-19-25(26)28/h12-15,17-20,28-31H,2-11,16,21-22H2,1H3/t28?,29?,30-,31+. The molecule has 38 heavy (non-hydrogen) atoms. The number of hydrogen-bond donors (Lipinski definition) is 0. The maximum atomic E-state index is 13.6. The Morgan fingerprint density at radius 2 is 1.05 bits per heavy atom. The van der Waals surface area contributed by atoms with E-state index in [-0.39, 0.29) is 30.2 Å². The molecule has 1 aliphatic heterocycles. The van der Waals surface area contributed by atoms with Crippen LogP contribution in [-0.2, 0) is 19.1 Å². The Morgan fingerprint density at radius 1 is 0.658 bits per heavy atom. The summed E-state index contributed by atoms with van der Waals surface area (Å²) >= 11 is 0. The molecule has 0 spiro atoms. The van der Waals surface area contributed by atoms with Crippen molar-refractivity contribution in [2.24, 2.45) is 11.8 Å². The highest BCUT2D eigenvalue weighted by molar-refractivity contribution is 6.09. The molecular formula is C33H41NO4. The lowest BCUT2D eigenvalue weighted by Crippen LogP contribution is -2.41. The molecule has 1 heterocycles. The SMILES string of the molecule is CCCCCCCCCCCCCOC(=O)CN1C(=O)[C@@H]2C3c4ccccc4C(c4ccccc43)[C@@H]2C1=O. The van der Waals surface area contributed by atoms with Crippen LogP contribution in [0, 0.1) is 11.8 Å². The maximum Gasteiger partial charge on any atom is 0.326 e. The lowest BCUT2D eigenvalue weighted by Gasteiger charge is -2.45. The minimum absolute atomic E-state index is 0.147. The van der Waals surface area contributed by atoms with Gasteiger partial charge in [-0.05, 0) is 28.7 Å². The molecule has 0 aromatic heterocycles. The molecule has 6 rings (SSSR count). The summed E-state index contributed by atoms with van der Waals surface area (Å²) in [6.07, 6.45) is 13.5. The molecule has 3 aliphatic carbocycles. The van der Waals surface area contributed by atoms with E-state index in [0.717, 1.165) is 41.5 Å². The van der Waals surface area contributed by atoms with E-state index in [0.29, 0.717) is 6.61 Å². The van der Waals surface area contributed by atoms with Crippen LogP contribution in [-0.4, -0.2) is 35.8 Å². The Morgan fingerprint density at radius 3 is 1.47 bits per heavy atom. The monoisotopic (exact) mass is 515 g/mol. The zero-order valence-corrected chi connectivity index (χ0v) is 22.7. The molecule has 0 unspecified atom stereocenters. The molecule has 4 aliphatic rings. The first kappa shape index (κ1) is 26.6. The van der Waals surface area contributed by atoms with E-state index in [4.69, 9.17) is 4.74 Å². The van der Waals surface area contributed by atoms with Gasteiger partial charge < -0.3 is 4.74 Å². The van der Waals surface area contributed by atoms with Gasteiger partial charge in [0.2, 0.25) is 11.8 Å². The summed E-state index contributed by atoms with van der Waals surface area (Å²) in [5, 5.41) is 0. The van der Waals surface area contributed by atoms with Gasteiger partial charge in [-0.2, -0.15) is 0 Å². The van der Waals surface area contributed by atoms with Crippen LogP contribution >= 0.6 is 0 Å². The molecule has 0 radical (unpaired) electrons. The fourth-order valence-electron chi connectivity index (χ4n) is 7.02. The van der Waals surface area contributed by atoms with Gasteiger partial charge in [0.05, 0.1) is 18.4 Å². The first-order chi connectivity index (χ1) is 18.6. The van der Waals surface area contributed by atoms with E-state index in [2.05, 4.69) is 31.2 Å². The van der Waals surface area contributed by atoms with Crippen LogP contribution < -0.4 is 0 Å². The number of benzene rings is 2. The number of unbranched alkanes of at least 4 members (excludes halogenated alkanes) is 10. The summed E-state index contributed by atoms with van der Waals surface area (Å²) in [4.78, 5) is 40.9. The number of esters is 1. The van der Waals surface area contributed by atoms with Crippen molar-refractivity contribution in [2.45, 2.75) is 89.4 Å². The molecule has 1 saturated heterocycles. The smallest absolute Gasteiger partial charge is 0.326 e. The number of rotatable bonds is 14. The van der Waals surface area contributed by atoms with Crippen molar-refractivity contribution >= 4 is 17.8 Å². The maximum absolute atomic E-state index is 13.6. The molecule has 202 valence electrons. The quantitative estimate of drug-likeness (QED) is 0.159. The minimum Gasteiger partial charge on any atom is -0.464 e. The topological polar surface area (TPSA) is 63.7 Å². The summed E-state index contributed by atoms with van der Waals surface area (Å²) in [5.41, 5.74) is 4.55. The molecule has 2 aromatic rings. The highest BCUT2D eigenvalue weighted by Gasteiger charge is 2.61. The second-order valence-corrected chi connectivity index (χ2v) is 11.3. The van der Waals surface area contributed by atoms with Crippen molar-refractivity contribution in [3.8, 4) is 0 Å². The van der Waals surface area contributed by atoms with E-state index in [1.165, 1.54) is 56.3 Å². The van der Waals surface area contributed by atoms with Crippen LogP contribution in [0.5, 0.6) is 0 Å². The van der Waals surface area contributed by atoms with Gasteiger partial charge >= 0.3 is 5.97 Å². The summed E-state index contributed by atoms with van der Waals surface area (Å²) < 4.78 is 5.44. The highest BCUT2D eigenvalue weighted by Crippen LogP contribution is 2.60. The van der Waals surface area contributed by atoms with Gasteiger partial charge in [0.25, 0.3) is 0 Å². The van der Waals surface area contributed by atoms with Crippen LogP contribution in [0.4, 0.5) is 0 Å². The molecule has 2 bridgehead atoms. The lowest BCUT2D eigenvalue weighted by atomic mass is 9.55. The van der Waals surface area contributed by atoms with Crippen LogP contribution in [0.3, 0.4) is 0 Å². The van der Waals surface area contributed by atoms with E-state index < -0.39 is 17.8 Å². The first-order valence-corrected chi connectivity index (χ1v) is 14.8. The van der Waals surface area contributed by atoms with E-state index in [1.54, 1.807) is 0 Å². The Hall–Kier alpha value is -2.95. The van der Waals surface area contributed by atoms with Gasteiger partial charge in [-0.25, -0.2) is 0 Å². The number of hydrogen-bond acceptors (Lipinski definition) is 4. The van der Waals surface area contributed by atoms with Crippen LogP contribution in [0.1, 0.15) is 112 Å². The van der Waals surface area contributed by atoms with Gasteiger partial charge in [-0.15, -0.1) is 0 Å². The number of carbonyl (C=O) groups excluding carboxylic acids is 3. The van der Waals surface area contributed by atoms with Gasteiger partial charge in [0.15, 0.2) is 0 Å². The largest absolute Gasteiger partial charge is 0.464 e. The molecule has 2 atom stereocenters. The van der Waals surface area contributed by atoms with Crippen molar-refractivity contribution < 1.29 is 19.1 Å². The predicted molar refractivity (Wildman–Crippen MR) is 148 cm³/mol. The number of imide groups is 1. The first-order valence-electron chi connectivity index (χ1n) is 14.8. The summed E-state index contributed by atoms with van der Waals surface area (Å²) in [6.45, 7) is 2.31. The Labute approximate surface area is 226 Å². The highest BCUT2D eigenvalue weighted by atomic mass is 16.5. The lowest BCUT2D eigenvalue weighted by molar-refractivity contribution is -0.153. The van der Waals surface area contributed by atoms with E-state index in [9.17, 15) is 14.4 Å². The number of carbonyl (C=O) groups is 3.